The predicted molar refractivity (Wildman–Crippen MR) is 93.4 cm³/mol. The molecule has 2 aromatic rings. The van der Waals surface area contributed by atoms with E-state index in [9.17, 15) is 19.8 Å². The Hall–Kier alpha value is -1.36. The van der Waals surface area contributed by atoms with Gasteiger partial charge in [0.25, 0.3) is 0 Å². The highest BCUT2D eigenvalue weighted by atomic mass is 127. The number of ether oxygens (including phenoxy) is 1. The Kier molecular flexibility index (Phi) is 5.62. The minimum absolute atomic E-state index is 0.0435. The zero-order chi connectivity index (χ0) is 16.3. The molecule has 0 unspecified atom stereocenters. The van der Waals surface area contributed by atoms with E-state index < -0.39 is 11.9 Å². The fourth-order valence-corrected chi connectivity index (χ4v) is 3.75. The highest BCUT2D eigenvalue weighted by Gasteiger charge is 2.15. The summed E-state index contributed by atoms with van der Waals surface area (Å²) in [7, 11) is 0. The molecule has 0 aromatic heterocycles. The molecule has 5 nitrogen and oxygen atoms in total. The average Bonchev–Trinajstić information content (AvgIpc) is 2.49. The van der Waals surface area contributed by atoms with Crippen LogP contribution in [-0.4, -0.2) is 17.0 Å². The first kappa shape index (κ1) is 17.0. The number of halogens is 2. The van der Waals surface area contributed by atoms with Crippen LogP contribution in [0.1, 0.15) is 26.3 Å². The van der Waals surface area contributed by atoms with Crippen molar-refractivity contribution in [1.29, 1.82) is 0 Å². The minimum Gasteiger partial charge on any atom is -0.545 e. The van der Waals surface area contributed by atoms with E-state index in [1.165, 1.54) is 24.3 Å². The van der Waals surface area contributed by atoms with Crippen molar-refractivity contribution in [2.75, 3.05) is 0 Å². The lowest BCUT2D eigenvalue weighted by Gasteiger charge is -2.11. The molecule has 0 atom stereocenters. The van der Waals surface area contributed by atoms with Gasteiger partial charge in [-0.25, -0.2) is 4.79 Å². The lowest BCUT2D eigenvalue weighted by molar-refractivity contribution is -0.255. The van der Waals surface area contributed by atoms with E-state index >= 15 is 0 Å². The SMILES string of the molecule is O=C([O-])c1ccccc1C(=O)OCc1cc(I)cc(I)c1O. The van der Waals surface area contributed by atoms with Gasteiger partial charge in [-0.3, -0.25) is 0 Å². The quantitative estimate of drug-likeness (QED) is 0.492. The molecule has 0 fully saturated rings. The lowest BCUT2D eigenvalue weighted by Crippen LogP contribution is -2.25. The van der Waals surface area contributed by atoms with Crippen LogP contribution in [0.4, 0.5) is 0 Å². The number of rotatable bonds is 4. The molecule has 114 valence electrons. The van der Waals surface area contributed by atoms with E-state index in [1.54, 1.807) is 12.1 Å². The van der Waals surface area contributed by atoms with Crippen LogP contribution in [0, 0.1) is 7.14 Å². The van der Waals surface area contributed by atoms with Crippen LogP contribution < -0.4 is 5.11 Å². The topological polar surface area (TPSA) is 86.7 Å². The van der Waals surface area contributed by atoms with Gasteiger partial charge in [0.15, 0.2) is 0 Å². The fourth-order valence-electron chi connectivity index (χ4n) is 1.79. The van der Waals surface area contributed by atoms with Crippen molar-refractivity contribution >= 4 is 57.1 Å². The van der Waals surface area contributed by atoms with E-state index in [2.05, 4.69) is 22.6 Å². The van der Waals surface area contributed by atoms with Gasteiger partial charge in [0.05, 0.1) is 15.1 Å². The van der Waals surface area contributed by atoms with E-state index in [0.29, 0.717) is 9.13 Å². The largest absolute Gasteiger partial charge is 0.545 e. The normalized spacial score (nSPS) is 10.3. The molecule has 0 aliphatic carbocycles. The second-order valence-electron chi connectivity index (χ2n) is 4.30. The van der Waals surface area contributed by atoms with Crippen LogP contribution in [0.5, 0.6) is 5.75 Å². The fraction of sp³-hybridized carbons (Fsp3) is 0.0667. The smallest absolute Gasteiger partial charge is 0.339 e. The molecule has 1 N–H and O–H groups in total. The Morgan fingerprint density at radius 2 is 1.77 bits per heavy atom. The summed E-state index contributed by atoms with van der Waals surface area (Å²) >= 11 is 4.06. The maximum Gasteiger partial charge on any atom is 0.339 e. The number of phenolic OH excluding ortho intramolecular Hbond substituents is 1. The summed E-state index contributed by atoms with van der Waals surface area (Å²) in [5, 5.41) is 20.9. The number of carboxylic acids is 1. The summed E-state index contributed by atoms with van der Waals surface area (Å²) in [5.74, 6) is -2.19. The van der Waals surface area contributed by atoms with E-state index in [0.717, 1.165) is 3.57 Å². The molecule has 0 spiro atoms. The Morgan fingerprint density at radius 1 is 1.14 bits per heavy atom. The molecule has 0 aliphatic heterocycles. The van der Waals surface area contributed by atoms with Gasteiger partial charge in [0.1, 0.15) is 12.4 Å². The van der Waals surface area contributed by atoms with Crippen LogP contribution in [0.25, 0.3) is 0 Å². The van der Waals surface area contributed by atoms with Gasteiger partial charge in [-0.1, -0.05) is 18.2 Å². The molecule has 7 heteroatoms. The predicted octanol–water partition coefficient (Wildman–Crippen LogP) is 2.32. The number of aromatic hydroxyl groups is 1. The molecule has 2 rings (SSSR count). The Morgan fingerprint density at radius 3 is 2.41 bits per heavy atom. The number of carbonyl (C=O) groups excluding carboxylic acids is 2. The molecular weight excluding hydrogens is 514 g/mol. The Balaban J connectivity index is 2.19. The van der Waals surface area contributed by atoms with E-state index in [1.807, 2.05) is 22.6 Å². The van der Waals surface area contributed by atoms with Crippen LogP contribution in [0.2, 0.25) is 0 Å². The van der Waals surface area contributed by atoms with Crippen molar-refractivity contribution < 1.29 is 24.5 Å². The molecule has 0 saturated carbocycles. The molecule has 22 heavy (non-hydrogen) atoms. The highest BCUT2D eigenvalue weighted by molar-refractivity contribution is 14.1. The third kappa shape index (κ3) is 3.88. The van der Waals surface area contributed by atoms with Crippen LogP contribution in [-0.2, 0) is 11.3 Å². The summed E-state index contributed by atoms with van der Waals surface area (Å²) in [5.41, 5.74) is 0.145. The Labute approximate surface area is 153 Å². The summed E-state index contributed by atoms with van der Waals surface area (Å²) in [6.07, 6.45) is 0. The zero-order valence-electron chi connectivity index (χ0n) is 11.0. The number of esters is 1. The van der Waals surface area contributed by atoms with Gasteiger partial charge in [-0.15, -0.1) is 0 Å². The van der Waals surface area contributed by atoms with Gasteiger partial charge in [-0.2, -0.15) is 0 Å². The summed E-state index contributed by atoms with van der Waals surface area (Å²) in [6, 6.07) is 9.14. The maximum absolute atomic E-state index is 12.0. The molecule has 0 bridgehead atoms. The molecule has 2 aromatic carbocycles. The number of hydrogen-bond donors (Lipinski definition) is 1. The van der Waals surface area contributed by atoms with E-state index in [4.69, 9.17) is 4.74 Å². The van der Waals surface area contributed by atoms with Crippen molar-refractivity contribution in [2.45, 2.75) is 6.61 Å². The first-order valence-electron chi connectivity index (χ1n) is 6.04. The number of phenols is 1. The van der Waals surface area contributed by atoms with Gasteiger partial charge in [0.2, 0.25) is 0 Å². The van der Waals surface area contributed by atoms with Crippen LogP contribution in [0.15, 0.2) is 36.4 Å². The van der Waals surface area contributed by atoms with Crippen molar-refractivity contribution in [3.8, 4) is 5.75 Å². The van der Waals surface area contributed by atoms with E-state index in [-0.39, 0.29) is 23.5 Å². The molecule has 0 aliphatic rings. The first-order chi connectivity index (χ1) is 10.4. The van der Waals surface area contributed by atoms with Crippen molar-refractivity contribution in [2.24, 2.45) is 0 Å². The summed E-state index contributed by atoms with van der Waals surface area (Å²) in [6.45, 7) is -0.154. The third-order valence-electron chi connectivity index (χ3n) is 2.83. The standard InChI is InChI=1S/C15H10I2O5/c16-9-5-8(13(18)12(17)6-9)7-22-15(21)11-4-2-1-3-10(11)14(19)20/h1-6,18H,7H2,(H,19,20)/p-1. The van der Waals surface area contributed by atoms with Crippen molar-refractivity contribution in [3.63, 3.8) is 0 Å². The lowest BCUT2D eigenvalue weighted by atomic mass is 10.1. The number of carboxylic acid groups (broad SMARTS) is 1. The summed E-state index contributed by atoms with van der Waals surface area (Å²) < 4.78 is 6.63. The number of hydrogen-bond acceptors (Lipinski definition) is 5. The van der Waals surface area contributed by atoms with Crippen LogP contribution >= 0.6 is 45.2 Å². The van der Waals surface area contributed by atoms with Crippen molar-refractivity contribution in [3.05, 3.63) is 60.2 Å². The van der Waals surface area contributed by atoms with Crippen LogP contribution in [0.3, 0.4) is 0 Å². The molecular formula is C15H9I2O5-. The minimum atomic E-state index is -1.45. The first-order valence-corrected chi connectivity index (χ1v) is 8.20. The van der Waals surface area contributed by atoms with Gasteiger partial charge >= 0.3 is 5.97 Å². The second kappa shape index (κ2) is 7.27. The third-order valence-corrected chi connectivity index (χ3v) is 4.28. The number of aromatic carboxylic acids is 1. The van der Waals surface area contributed by atoms with Crippen molar-refractivity contribution in [1.82, 2.24) is 0 Å². The van der Waals surface area contributed by atoms with Gasteiger partial charge in [-0.05, 0) is 63.4 Å². The Bertz CT molecular complexity index is 743. The molecule has 0 heterocycles. The second-order valence-corrected chi connectivity index (χ2v) is 6.71. The highest BCUT2D eigenvalue weighted by Crippen LogP contribution is 2.27. The zero-order valence-corrected chi connectivity index (χ0v) is 15.3. The maximum atomic E-state index is 12.0. The molecule has 0 radical (unpaired) electrons. The molecule has 0 amide bonds. The number of benzene rings is 2. The molecule has 0 saturated heterocycles. The number of carbonyl (C=O) groups is 2. The average molecular weight is 523 g/mol. The summed E-state index contributed by atoms with van der Waals surface area (Å²) in [4.78, 5) is 23.0. The van der Waals surface area contributed by atoms with Gasteiger partial charge < -0.3 is 19.7 Å². The monoisotopic (exact) mass is 523 g/mol. The van der Waals surface area contributed by atoms with Gasteiger partial charge in [0, 0.05) is 14.7 Å².